The molecular formula is C21H31N5O7. The summed E-state index contributed by atoms with van der Waals surface area (Å²) in [6.45, 7) is 4.69. The van der Waals surface area contributed by atoms with E-state index in [0.717, 1.165) is 0 Å². The highest BCUT2D eigenvalue weighted by molar-refractivity contribution is 5.95. The van der Waals surface area contributed by atoms with Crippen LogP contribution >= 0.6 is 0 Å². The van der Waals surface area contributed by atoms with Gasteiger partial charge >= 0.3 is 5.97 Å². The molecule has 33 heavy (non-hydrogen) atoms. The molecular weight excluding hydrogens is 434 g/mol. The summed E-state index contributed by atoms with van der Waals surface area (Å²) < 4.78 is 0. The Labute approximate surface area is 191 Å². The monoisotopic (exact) mass is 465 g/mol. The number of carboxylic acids is 1. The largest absolute Gasteiger partial charge is 0.508 e. The van der Waals surface area contributed by atoms with Gasteiger partial charge in [-0.1, -0.05) is 26.0 Å². The maximum atomic E-state index is 12.6. The van der Waals surface area contributed by atoms with Gasteiger partial charge in [-0.15, -0.1) is 0 Å². The number of nitrogens with two attached hydrogens (primary N) is 2. The highest BCUT2D eigenvalue weighted by atomic mass is 16.4. The minimum absolute atomic E-state index is 0.0216. The number of hydrogen-bond donors (Lipinski definition) is 7. The molecule has 1 rings (SSSR count). The van der Waals surface area contributed by atoms with E-state index in [1.54, 1.807) is 13.8 Å². The van der Waals surface area contributed by atoms with Gasteiger partial charge in [-0.3, -0.25) is 19.2 Å². The number of amides is 4. The Kier molecular flexibility index (Phi) is 10.3. The molecule has 4 atom stereocenters. The molecule has 0 heterocycles. The lowest BCUT2D eigenvalue weighted by molar-refractivity contribution is -0.142. The Balaban J connectivity index is 2.76. The molecule has 1 aromatic carbocycles. The SMILES string of the molecule is CC(NC(=O)C(NC(=O)C(N)CC(N)=O)C(C)C)C(=O)NC(Cc1ccc(O)cc1)C(=O)O. The predicted octanol–water partition coefficient (Wildman–Crippen LogP) is -1.65. The van der Waals surface area contributed by atoms with E-state index in [2.05, 4.69) is 16.0 Å². The number of aromatic hydroxyl groups is 1. The zero-order chi connectivity index (χ0) is 25.3. The van der Waals surface area contributed by atoms with Crippen LogP contribution in [0.1, 0.15) is 32.8 Å². The minimum Gasteiger partial charge on any atom is -0.508 e. The summed E-state index contributed by atoms with van der Waals surface area (Å²) in [6, 6.07) is 1.18. The van der Waals surface area contributed by atoms with E-state index in [9.17, 15) is 34.2 Å². The molecule has 0 saturated carbocycles. The van der Waals surface area contributed by atoms with Crippen molar-refractivity contribution in [1.29, 1.82) is 0 Å². The van der Waals surface area contributed by atoms with E-state index >= 15 is 0 Å². The first-order chi connectivity index (χ1) is 15.3. The molecule has 12 heteroatoms. The van der Waals surface area contributed by atoms with Gasteiger partial charge in [0.15, 0.2) is 0 Å². The van der Waals surface area contributed by atoms with E-state index in [1.807, 2.05) is 0 Å². The predicted molar refractivity (Wildman–Crippen MR) is 118 cm³/mol. The van der Waals surface area contributed by atoms with E-state index < -0.39 is 60.2 Å². The Morgan fingerprint density at radius 3 is 1.97 bits per heavy atom. The second kappa shape index (κ2) is 12.4. The molecule has 4 unspecified atom stereocenters. The third-order valence-electron chi connectivity index (χ3n) is 4.75. The first-order valence-corrected chi connectivity index (χ1v) is 10.3. The summed E-state index contributed by atoms with van der Waals surface area (Å²) in [5, 5.41) is 26.0. The third kappa shape index (κ3) is 9.15. The summed E-state index contributed by atoms with van der Waals surface area (Å²) in [7, 11) is 0. The van der Waals surface area contributed by atoms with Crippen LogP contribution in [0.25, 0.3) is 0 Å². The first kappa shape index (κ1) is 27.4. The number of benzene rings is 1. The summed E-state index contributed by atoms with van der Waals surface area (Å²) in [5.41, 5.74) is 11.2. The van der Waals surface area contributed by atoms with Crippen LogP contribution in [-0.2, 0) is 30.4 Å². The molecule has 0 fully saturated rings. The average Bonchev–Trinajstić information content (AvgIpc) is 2.71. The van der Waals surface area contributed by atoms with Gasteiger partial charge in [0.25, 0.3) is 0 Å². The van der Waals surface area contributed by atoms with Crippen molar-refractivity contribution >= 4 is 29.6 Å². The lowest BCUT2D eigenvalue weighted by Gasteiger charge is -2.25. The minimum atomic E-state index is -1.27. The maximum Gasteiger partial charge on any atom is 0.326 e. The molecule has 4 amide bonds. The van der Waals surface area contributed by atoms with Crippen LogP contribution in [0, 0.1) is 5.92 Å². The number of carbonyl (C=O) groups excluding carboxylic acids is 4. The molecule has 12 nitrogen and oxygen atoms in total. The molecule has 0 aliphatic carbocycles. The van der Waals surface area contributed by atoms with Gasteiger partial charge < -0.3 is 37.6 Å². The molecule has 0 aliphatic heterocycles. The van der Waals surface area contributed by atoms with Gasteiger partial charge in [-0.05, 0) is 30.5 Å². The van der Waals surface area contributed by atoms with Crippen LogP contribution in [0.5, 0.6) is 5.75 Å². The Bertz CT molecular complexity index is 872. The van der Waals surface area contributed by atoms with Crippen molar-refractivity contribution in [2.45, 2.75) is 57.8 Å². The maximum absolute atomic E-state index is 12.6. The number of rotatable bonds is 12. The Morgan fingerprint density at radius 2 is 1.48 bits per heavy atom. The summed E-state index contributed by atoms with van der Waals surface area (Å²) in [6.07, 6.45) is -0.431. The Hall–Kier alpha value is -3.67. The van der Waals surface area contributed by atoms with Crippen molar-refractivity contribution in [2.24, 2.45) is 17.4 Å². The van der Waals surface area contributed by atoms with Gasteiger partial charge in [-0.2, -0.15) is 0 Å². The molecule has 0 radical (unpaired) electrons. The van der Waals surface area contributed by atoms with Crippen molar-refractivity contribution in [3.8, 4) is 5.75 Å². The lowest BCUT2D eigenvalue weighted by atomic mass is 10.0. The van der Waals surface area contributed by atoms with Crippen molar-refractivity contribution in [1.82, 2.24) is 16.0 Å². The second-order valence-corrected chi connectivity index (χ2v) is 8.01. The van der Waals surface area contributed by atoms with Gasteiger partial charge in [0.2, 0.25) is 23.6 Å². The number of carboxylic acid groups (broad SMARTS) is 1. The van der Waals surface area contributed by atoms with Gasteiger partial charge in [0.1, 0.15) is 23.9 Å². The summed E-state index contributed by atoms with van der Waals surface area (Å²) >= 11 is 0. The van der Waals surface area contributed by atoms with Crippen molar-refractivity contribution in [2.75, 3.05) is 0 Å². The number of phenols is 1. The van der Waals surface area contributed by atoms with Crippen LogP contribution < -0.4 is 27.4 Å². The zero-order valence-electron chi connectivity index (χ0n) is 18.7. The van der Waals surface area contributed by atoms with Crippen LogP contribution in [0.4, 0.5) is 0 Å². The molecule has 0 aliphatic rings. The molecule has 0 spiro atoms. The zero-order valence-corrected chi connectivity index (χ0v) is 18.7. The molecule has 0 saturated heterocycles. The molecule has 9 N–H and O–H groups in total. The standard InChI is InChI=1S/C21H31N5O7/c1-10(2)17(26-19(30)14(22)9-16(23)28)20(31)24-11(3)18(29)25-15(21(32)33)8-12-4-6-13(27)7-5-12/h4-7,10-11,14-15,17,27H,8-9,22H2,1-3H3,(H2,23,28)(H,24,31)(H,25,29)(H,26,30)(H,32,33). The van der Waals surface area contributed by atoms with Crippen molar-refractivity contribution in [3.63, 3.8) is 0 Å². The fourth-order valence-electron chi connectivity index (χ4n) is 2.84. The average molecular weight is 466 g/mol. The molecule has 1 aromatic rings. The lowest BCUT2D eigenvalue weighted by Crippen LogP contribution is -2.58. The summed E-state index contributed by atoms with van der Waals surface area (Å²) in [4.78, 5) is 59.8. The topological polar surface area (TPSA) is 214 Å². The first-order valence-electron chi connectivity index (χ1n) is 10.3. The van der Waals surface area contributed by atoms with Crippen molar-refractivity contribution < 1.29 is 34.2 Å². The Morgan fingerprint density at radius 1 is 0.909 bits per heavy atom. The van der Waals surface area contributed by atoms with Gasteiger partial charge in [0, 0.05) is 6.42 Å². The fraction of sp³-hybridized carbons (Fsp3) is 0.476. The number of phenolic OH excluding ortho intramolecular Hbond substituents is 1. The van der Waals surface area contributed by atoms with E-state index in [4.69, 9.17) is 11.5 Å². The van der Waals surface area contributed by atoms with E-state index in [1.165, 1.54) is 31.2 Å². The van der Waals surface area contributed by atoms with Gasteiger partial charge in [0.05, 0.1) is 12.5 Å². The van der Waals surface area contributed by atoms with Crippen molar-refractivity contribution in [3.05, 3.63) is 29.8 Å². The highest BCUT2D eigenvalue weighted by Gasteiger charge is 2.30. The quantitative estimate of drug-likeness (QED) is 0.189. The number of nitrogens with one attached hydrogen (secondary N) is 3. The van der Waals surface area contributed by atoms with Crippen LogP contribution in [0.15, 0.2) is 24.3 Å². The van der Waals surface area contributed by atoms with E-state index in [-0.39, 0.29) is 18.1 Å². The molecule has 0 aromatic heterocycles. The highest BCUT2D eigenvalue weighted by Crippen LogP contribution is 2.11. The second-order valence-electron chi connectivity index (χ2n) is 8.01. The number of hydrogen-bond acceptors (Lipinski definition) is 7. The number of carbonyl (C=O) groups is 5. The van der Waals surface area contributed by atoms with Crippen LogP contribution in [-0.4, -0.2) is 64.0 Å². The smallest absolute Gasteiger partial charge is 0.326 e. The molecule has 0 bridgehead atoms. The van der Waals surface area contributed by atoms with Crippen LogP contribution in [0.2, 0.25) is 0 Å². The summed E-state index contributed by atoms with van der Waals surface area (Å²) in [5.74, 6) is -4.58. The van der Waals surface area contributed by atoms with Crippen LogP contribution in [0.3, 0.4) is 0 Å². The van der Waals surface area contributed by atoms with Gasteiger partial charge in [-0.25, -0.2) is 4.79 Å². The number of primary amides is 1. The normalized spacial score (nSPS) is 14.5. The third-order valence-corrected chi connectivity index (χ3v) is 4.75. The number of aliphatic carboxylic acids is 1. The fourth-order valence-corrected chi connectivity index (χ4v) is 2.84. The molecule has 182 valence electrons. The van der Waals surface area contributed by atoms with E-state index in [0.29, 0.717) is 5.56 Å².